The Balaban J connectivity index is 0.000000138. The van der Waals surface area contributed by atoms with E-state index < -0.39 is 0 Å². The van der Waals surface area contributed by atoms with Gasteiger partial charge < -0.3 is 10.6 Å². The van der Waals surface area contributed by atoms with E-state index in [1.165, 1.54) is 5.39 Å². The Morgan fingerprint density at radius 1 is 1.00 bits per heavy atom. The van der Waals surface area contributed by atoms with Crippen molar-refractivity contribution in [3.63, 3.8) is 0 Å². The molecule has 1 aromatic heterocycles. The summed E-state index contributed by atoms with van der Waals surface area (Å²) in [4.78, 5) is 4.18. The second kappa shape index (κ2) is 5.42. The predicted octanol–water partition coefficient (Wildman–Crippen LogP) is 1.70. The minimum atomic E-state index is 0.787. The van der Waals surface area contributed by atoms with Crippen LogP contribution in [0.25, 0.3) is 10.9 Å². The molecule has 0 unspecified atom stereocenters. The number of benzene rings is 1. The smallest absolute Gasteiger partial charge is 0.166 e. The van der Waals surface area contributed by atoms with Crippen LogP contribution >= 0.6 is 12.2 Å². The van der Waals surface area contributed by atoms with Gasteiger partial charge in [0.15, 0.2) is 5.11 Å². The molecule has 4 heteroatoms. The maximum absolute atomic E-state index is 4.70. The highest BCUT2D eigenvalue weighted by atomic mass is 32.1. The molecule has 0 spiro atoms. The number of para-hydroxylation sites is 1. The van der Waals surface area contributed by atoms with Crippen LogP contribution in [0, 0.1) is 0 Å². The molecule has 3 nitrogen and oxygen atoms in total. The first-order valence-electron chi connectivity index (χ1n) is 5.18. The molecule has 1 saturated heterocycles. The Morgan fingerprint density at radius 2 is 1.69 bits per heavy atom. The van der Waals surface area contributed by atoms with E-state index in [2.05, 4.69) is 27.8 Å². The van der Waals surface area contributed by atoms with Crippen molar-refractivity contribution in [1.29, 1.82) is 0 Å². The molecule has 16 heavy (non-hydrogen) atoms. The number of pyridine rings is 1. The first-order valence-corrected chi connectivity index (χ1v) is 5.58. The molecule has 0 radical (unpaired) electrons. The van der Waals surface area contributed by atoms with E-state index >= 15 is 0 Å². The zero-order valence-corrected chi connectivity index (χ0v) is 9.63. The standard InChI is InChI=1S/C9H7N.C3H6N2S/c1-2-6-9-8(4-1)5-3-7-10-9;6-3-4-1-2-5-3/h1-7H;1-2H2,(H2,4,5,6). The van der Waals surface area contributed by atoms with Crippen molar-refractivity contribution in [2.24, 2.45) is 0 Å². The van der Waals surface area contributed by atoms with Crippen LogP contribution in [0.4, 0.5) is 0 Å². The summed E-state index contributed by atoms with van der Waals surface area (Å²) in [5, 5.41) is 7.87. The van der Waals surface area contributed by atoms with Gasteiger partial charge in [0.1, 0.15) is 0 Å². The Bertz CT molecular complexity index is 411. The summed E-state index contributed by atoms with van der Waals surface area (Å²) < 4.78 is 0. The third-order valence-corrected chi connectivity index (χ3v) is 2.50. The van der Waals surface area contributed by atoms with Crippen LogP contribution in [0.5, 0.6) is 0 Å². The van der Waals surface area contributed by atoms with Gasteiger partial charge in [-0.15, -0.1) is 0 Å². The number of rotatable bonds is 0. The number of nitrogens with zero attached hydrogens (tertiary/aromatic N) is 1. The Kier molecular flexibility index (Phi) is 3.66. The van der Waals surface area contributed by atoms with Crippen LogP contribution < -0.4 is 10.6 Å². The number of aromatic nitrogens is 1. The SMILES string of the molecule is S=C1NCCN1.c1ccc2ncccc2c1. The van der Waals surface area contributed by atoms with Gasteiger partial charge in [-0.05, 0) is 24.4 Å². The first kappa shape index (κ1) is 10.8. The van der Waals surface area contributed by atoms with Gasteiger partial charge in [-0.3, -0.25) is 4.98 Å². The lowest BCUT2D eigenvalue weighted by molar-refractivity contribution is 0.942. The molecule has 1 aromatic carbocycles. The number of hydrogen-bond acceptors (Lipinski definition) is 2. The van der Waals surface area contributed by atoms with Crippen LogP contribution in [-0.2, 0) is 0 Å². The molecule has 0 amide bonds. The Hall–Kier alpha value is -1.68. The number of hydrogen-bond donors (Lipinski definition) is 2. The molecule has 1 aliphatic rings. The summed E-state index contributed by atoms with van der Waals surface area (Å²) in [6, 6.07) is 12.1. The fraction of sp³-hybridized carbons (Fsp3) is 0.167. The summed E-state index contributed by atoms with van der Waals surface area (Å²) in [7, 11) is 0. The lowest BCUT2D eigenvalue weighted by Gasteiger charge is -1.91. The lowest BCUT2D eigenvalue weighted by Crippen LogP contribution is -2.19. The topological polar surface area (TPSA) is 37.0 Å². The maximum atomic E-state index is 4.70. The zero-order chi connectivity index (χ0) is 11.2. The number of thiocarbonyl (C=S) groups is 1. The second-order valence-electron chi connectivity index (χ2n) is 3.38. The van der Waals surface area contributed by atoms with E-state index in [0.29, 0.717) is 0 Å². The molecule has 82 valence electrons. The van der Waals surface area contributed by atoms with Gasteiger partial charge in [0.25, 0.3) is 0 Å². The molecule has 2 N–H and O–H groups in total. The van der Waals surface area contributed by atoms with E-state index in [-0.39, 0.29) is 0 Å². The van der Waals surface area contributed by atoms with Gasteiger partial charge in [0.05, 0.1) is 5.52 Å². The normalized spacial score (nSPS) is 13.6. The predicted molar refractivity (Wildman–Crippen MR) is 70.3 cm³/mol. The molecule has 1 fully saturated rings. The molecule has 2 heterocycles. The van der Waals surface area contributed by atoms with Gasteiger partial charge in [0.2, 0.25) is 0 Å². The Morgan fingerprint density at radius 3 is 2.31 bits per heavy atom. The summed E-state index contributed by atoms with van der Waals surface area (Å²) in [6.45, 7) is 1.97. The molecular formula is C12H13N3S. The fourth-order valence-electron chi connectivity index (χ4n) is 1.43. The molecule has 1 aliphatic heterocycles. The summed E-state index contributed by atoms with van der Waals surface area (Å²) >= 11 is 4.70. The van der Waals surface area contributed by atoms with Gasteiger partial charge >= 0.3 is 0 Å². The third-order valence-electron chi connectivity index (χ3n) is 2.21. The quantitative estimate of drug-likeness (QED) is 0.677. The highest BCUT2D eigenvalue weighted by Gasteiger charge is 1.98. The van der Waals surface area contributed by atoms with Gasteiger partial charge in [0, 0.05) is 24.7 Å². The maximum Gasteiger partial charge on any atom is 0.166 e. The van der Waals surface area contributed by atoms with Gasteiger partial charge in [-0.1, -0.05) is 24.3 Å². The van der Waals surface area contributed by atoms with Crippen LogP contribution in [0.2, 0.25) is 0 Å². The monoisotopic (exact) mass is 231 g/mol. The highest BCUT2D eigenvalue weighted by molar-refractivity contribution is 7.80. The molecule has 0 aliphatic carbocycles. The second-order valence-corrected chi connectivity index (χ2v) is 3.79. The molecule has 0 atom stereocenters. The molecule has 2 aromatic rings. The molecular weight excluding hydrogens is 218 g/mol. The largest absolute Gasteiger partial charge is 0.361 e. The summed E-state index contributed by atoms with van der Waals surface area (Å²) in [5.41, 5.74) is 1.06. The van der Waals surface area contributed by atoms with Gasteiger partial charge in [-0.2, -0.15) is 0 Å². The lowest BCUT2D eigenvalue weighted by atomic mass is 10.2. The zero-order valence-electron chi connectivity index (χ0n) is 8.81. The van der Waals surface area contributed by atoms with Crippen LogP contribution in [0.3, 0.4) is 0 Å². The minimum Gasteiger partial charge on any atom is -0.361 e. The van der Waals surface area contributed by atoms with Crippen molar-refractivity contribution in [2.45, 2.75) is 0 Å². The third kappa shape index (κ3) is 2.90. The van der Waals surface area contributed by atoms with Crippen LogP contribution in [-0.4, -0.2) is 23.2 Å². The molecule has 3 rings (SSSR count). The van der Waals surface area contributed by atoms with E-state index in [4.69, 9.17) is 12.2 Å². The van der Waals surface area contributed by atoms with Crippen LogP contribution in [0.1, 0.15) is 0 Å². The van der Waals surface area contributed by atoms with Crippen molar-refractivity contribution in [1.82, 2.24) is 15.6 Å². The first-order chi connectivity index (χ1) is 7.86. The van der Waals surface area contributed by atoms with Crippen molar-refractivity contribution in [3.05, 3.63) is 42.6 Å². The molecule has 0 saturated carbocycles. The highest BCUT2D eigenvalue weighted by Crippen LogP contribution is 2.07. The van der Waals surface area contributed by atoms with Crippen molar-refractivity contribution in [2.75, 3.05) is 13.1 Å². The van der Waals surface area contributed by atoms with E-state index in [9.17, 15) is 0 Å². The van der Waals surface area contributed by atoms with Crippen LogP contribution in [0.15, 0.2) is 42.6 Å². The fourth-order valence-corrected chi connectivity index (χ4v) is 1.63. The molecule has 0 bridgehead atoms. The van der Waals surface area contributed by atoms with Crippen molar-refractivity contribution in [3.8, 4) is 0 Å². The minimum absolute atomic E-state index is 0.787. The summed E-state index contributed by atoms with van der Waals surface area (Å²) in [6.07, 6.45) is 1.81. The Labute approximate surface area is 99.9 Å². The van der Waals surface area contributed by atoms with E-state index in [1.54, 1.807) is 0 Å². The summed E-state index contributed by atoms with van der Waals surface area (Å²) in [5.74, 6) is 0. The van der Waals surface area contributed by atoms with Crippen molar-refractivity contribution < 1.29 is 0 Å². The van der Waals surface area contributed by atoms with E-state index in [1.807, 2.05) is 30.5 Å². The average molecular weight is 231 g/mol. The average Bonchev–Trinajstić information content (AvgIpc) is 2.81. The number of fused-ring (bicyclic) bond motifs is 1. The van der Waals surface area contributed by atoms with Gasteiger partial charge in [-0.25, -0.2) is 0 Å². The van der Waals surface area contributed by atoms with E-state index in [0.717, 1.165) is 23.7 Å². The van der Waals surface area contributed by atoms with Crippen molar-refractivity contribution >= 4 is 28.2 Å². The number of nitrogens with one attached hydrogen (secondary N) is 2.